The highest BCUT2D eigenvalue weighted by atomic mass is 15.2. The molecule has 94 valence electrons. The summed E-state index contributed by atoms with van der Waals surface area (Å²) in [5.41, 5.74) is 2.44. The van der Waals surface area contributed by atoms with E-state index < -0.39 is 0 Å². The smallest absolute Gasteiger partial charge is 0.137 e. The topological polar surface area (TPSA) is 35.2 Å². The average molecular weight is 242 g/mol. The first-order valence-corrected chi connectivity index (χ1v) is 6.36. The molecule has 1 aliphatic heterocycles. The van der Waals surface area contributed by atoms with E-state index in [1.54, 1.807) is 6.20 Å². The molecule has 0 bridgehead atoms. The number of aromatic amines is 1. The maximum atomic E-state index is 4.26. The monoisotopic (exact) mass is 242 g/mol. The molecule has 18 heavy (non-hydrogen) atoms. The van der Waals surface area contributed by atoms with E-state index in [-0.39, 0.29) is 0 Å². The minimum Gasteiger partial charge on any atom is -0.369 e. The van der Waals surface area contributed by atoms with E-state index >= 15 is 0 Å². The van der Waals surface area contributed by atoms with Crippen LogP contribution in [0.1, 0.15) is 0 Å². The van der Waals surface area contributed by atoms with Crippen molar-refractivity contribution in [1.82, 2.24) is 14.9 Å². The van der Waals surface area contributed by atoms with Crippen LogP contribution < -0.4 is 4.90 Å². The van der Waals surface area contributed by atoms with Crippen LogP contribution >= 0.6 is 0 Å². The number of imidazole rings is 1. The molecule has 4 nitrogen and oxygen atoms in total. The summed E-state index contributed by atoms with van der Waals surface area (Å²) in [6, 6.07) is 8.63. The van der Waals surface area contributed by atoms with E-state index in [0.29, 0.717) is 0 Å². The predicted molar refractivity (Wildman–Crippen MR) is 73.7 cm³/mol. The Morgan fingerprint density at radius 1 is 1.06 bits per heavy atom. The van der Waals surface area contributed by atoms with Gasteiger partial charge in [-0.1, -0.05) is 0 Å². The highest BCUT2D eigenvalue weighted by Crippen LogP contribution is 2.21. The van der Waals surface area contributed by atoms with E-state index in [1.807, 2.05) is 6.20 Å². The van der Waals surface area contributed by atoms with E-state index in [4.69, 9.17) is 0 Å². The number of rotatable bonds is 2. The fraction of sp³-hybridized carbons (Fsp3) is 0.357. The van der Waals surface area contributed by atoms with Gasteiger partial charge in [0.05, 0.1) is 0 Å². The second-order valence-corrected chi connectivity index (χ2v) is 4.77. The third-order valence-corrected chi connectivity index (χ3v) is 3.51. The number of piperazine rings is 1. The number of nitrogens with zero attached hydrogens (tertiary/aromatic N) is 3. The van der Waals surface area contributed by atoms with Crippen molar-refractivity contribution in [3.63, 3.8) is 0 Å². The van der Waals surface area contributed by atoms with Gasteiger partial charge in [0.25, 0.3) is 0 Å². The summed E-state index contributed by atoms with van der Waals surface area (Å²) in [4.78, 5) is 12.2. The molecule has 0 radical (unpaired) electrons. The van der Waals surface area contributed by atoms with Gasteiger partial charge < -0.3 is 14.8 Å². The summed E-state index contributed by atoms with van der Waals surface area (Å²) in [7, 11) is 2.18. The lowest BCUT2D eigenvalue weighted by molar-refractivity contribution is 0.313. The molecule has 2 heterocycles. The molecule has 0 amide bonds. The summed E-state index contributed by atoms with van der Waals surface area (Å²) in [5.74, 6) is 0.930. The second-order valence-electron chi connectivity index (χ2n) is 4.77. The van der Waals surface area contributed by atoms with E-state index in [1.165, 1.54) is 5.69 Å². The lowest BCUT2D eigenvalue weighted by Gasteiger charge is -2.34. The fourth-order valence-electron chi connectivity index (χ4n) is 2.32. The summed E-state index contributed by atoms with van der Waals surface area (Å²) < 4.78 is 0. The molecule has 0 aliphatic carbocycles. The molecule has 1 saturated heterocycles. The molecule has 2 aromatic rings. The van der Waals surface area contributed by atoms with Crippen molar-refractivity contribution in [2.45, 2.75) is 0 Å². The van der Waals surface area contributed by atoms with Crippen LogP contribution in [0.5, 0.6) is 0 Å². The van der Waals surface area contributed by atoms with Crippen LogP contribution in [-0.2, 0) is 0 Å². The lowest BCUT2D eigenvalue weighted by atomic mass is 10.1. The SMILES string of the molecule is CN1CCN(c2ccc(-c3ncc[nH]3)cc2)CC1. The molecule has 1 aromatic heterocycles. The molecule has 1 aromatic carbocycles. The van der Waals surface area contributed by atoms with Gasteiger partial charge in [-0.2, -0.15) is 0 Å². The van der Waals surface area contributed by atoms with E-state index in [0.717, 1.165) is 37.6 Å². The average Bonchev–Trinajstić information content (AvgIpc) is 2.94. The zero-order valence-electron chi connectivity index (χ0n) is 10.6. The molecule has 0 saturated carbocycles. The highest BCUT2D eigenvalue weighted by molar-refractivity contribution is 5.60. The van der Waals surface area contributed by atoms with Gasteiger partial charge in [-0.3, -0.25) is 0 Å². The lowest BCUT2D eigenvalue weighted by Crippen LogP contribution is -2.44. The van der Waals surface area contributed by atoms with Crippen molar-refractivity contribution < 1.29 is 0 Å². The normalized spacial score (nSPS) is 17.1. The Labute approximate surface area is 107 Å². The van der Waals surface area contributed by atoms with Crippen molar-refractivity contribution in [2.75, 3.05) is 38.1 Å². The number of hydrogen-bond donors (Lipinski definition) is 1. The van der Waals surface area contributed by atoms with Gasteiger partial charge in [-0.05, 0) is 31.3 Å². The molecule has 4 heteroatoms. The van der Waals surface area contributed by atoms with Crippen LogP contribution in [-0.4, -0.2) is 48.1 Å². The van der Waals surface area contributed by atoms with Gasteiger partial charge in [0.2, 0.25) is 0 Å². The van der Waals surface area contributed by atoms with E-state index in [2.05, 4.69) is 51.1 Å². The molecule has 3 rings (SSSR count). The Bertz CT molecular complexity index is 481. The summed E-state index contributed by atoms with van der Waals surface area (Å²) in [6.07, 6.45) is 3.63. The number of aromatic nitrogens is 2. The Morgan fingerprint density at radius 3 is 2.39 bits per heavy atom. The van der Waals surface area contributed by atoms with Crippen LogP contribution in [0, 0.1) is 0 Å². The summed E-state index contributed by atoms with van der Waals surface area (Å²) in [6.45, 7) is 4.49. The van der Waals surface area contributed by atoms with Crippen LogP contribution in [0.25, 0.3) is 11.4 Å². The number of likely N-dealkylation sites (N-methyl/N-ethyl adjacent to an activating group) is 1. The minimum absolute atomic E-state index is 0.930. The Morgan fingerprint density at radius 2 is 1.78 bits per heavy atom. The van der Waals surface area contributed by atoms with Crippen LogP contribution in [0.15, 0.2) is 36.7 Å². The van der Waals surface area contributed by atoms with Gasteiger partial charge >= 0.3 is 0 Å². The number of H-pyrrole nitrogens is 1. The summed E-state index contributed by atoms with van der Waals surface area (Å²) in [5, 5.41) is 0. The molecular weight excluding hydrogens is 224 g/mol. The number of anilines is 1. The van der Waals surface area contributed by atoms with Crippen LogP contribution in [0.2, 0.25) is 0 Å². The first kappa shape index (κ1) is 11.3. The zero-order valence-corrected chi connectivity index (χ0v) is 10.6. The molecular formula is C14H18N4. The number of hydrogen-bond acceptors (Lipinski definition) is 3. The number of benzene rings is 1. The highest BCUT2D eigenvalue weighted by Gasteiger charge is 2.14. The van der Waals surface area contributed by atoms with E-state index in [9.17, 15) is 0 Å². The maximum absolute atomic E-state index is 4.26. The van der Waals surface area contributed by atoms with Crippen LogP contribution in [0.3, 0.4) is 0 Å². The van der Waals surface area contributed by atoms with Gasteiger partial charge in [-0.25, -0.2) is 4.98 Å². The second kappa shape index (κ2) is 4.82. The molecule has 1 N–H and O–H groups in total. The first-order chi connectivity index (χ1) is 8.83. The minimum atomic E-state index is 0.930. The Balaban J connectivity index is 1.75. The molecule has 0 unspecified atom stereocenters. The van der Waals surface area contributed by atoms with Gasteiger partial charge in [0.15, 0.2) is 0 Å². The molecule has 0 atom stereocenters. The third kappa shape index (κ3) is 2.24. The quantitative estimate of drug-likeness (QED) is 0.872. The molecule has 0 spiro atoms. The third-order valence-electron chi connectivity index (χ3n) is 3.51. The van der Waals surface area contributed by atoms with Crippen molar-refractivity contribution >= 4 is 5.69 Å². The predicted octanol–water partition coefficient (Wildman–Crippen LogP) is 1.83. The number of nitrogens with one attached hydrogen (secondary N) is 1. The summed E-state index contributed by atoms with van der Waals surface area (Å²) >= 11 is 0. The van der Waals surface area contributed by atoms with Gasteiger partial charge in [-0.15, -0.1) is 0 Å². The van der Waals surface area contributed by atoms with Crippen molar-refractivity contribution in [3.8, 4) is 11.4 Å². The Hall–Kier alpha value is -1.81. The Kier molecular flexibility index (Phi) is 3.02. The zero-order chi connectivity index (χ0) is 12.4. The molecule has 1 fully saturated rings. The molecule has 1 aliphatic rings. The van der Waals surface area contributed by atoms with Gasteiger partial charge in [0.1, 0.15) is 5.82 Å². The van der Waals surface area contributed by atoms with Crippen molar-refractivity contribution in [2.24, 2.45) is 0 Å². The standard InChI is InChI=1S/C14H18N4/c1-17-8-10-18(11-9-17)13-4-2-12(3-5-13)14-15-6-7-16-14/h2-7H,8-11H2,1H3,(H,15,16). The maximum Gasteiger partial charge on any atom is 0.137 e. The first-order valence-electron chi connectivity index (χ1n) is 6.36. The largest absolute Gasteiger partial charge is 0.369 e. The van der Waals surface area contributed by atoms with Crippen molar-refractivity contribution in [1.29, 1.82) is 0 Å². The van der Waals surface area contributed by atoms with Gasteiger partial charge in [0, 0.05) is 49.8 Å². The van der Waals surface area contributed by atoms with Crippen LogP contribution in [0.4, 0.5) is 5.69 Å². The van der Waals surface area contributed by atoms with Crippen molar-refractivity contribution in [3.05, 3.63) is 36.7 Å². The fourth-order valence-corrected chi connectivity index (χ4v) is 2.32.